The van der Waals surface area contributed by atoms with E-state index in [-0.39, 0.29) is 5.69 Å². The Kier molecular flexibility index (Phi) is 3.00. The average molecular weight is 230 g/mol. The van der Waals surface area contributed by atoms with Gasteiger partial charge in [-0.25, -0.2) is 4.98 Å². The van der Waals surface area contributed by atoms with Gasteiger partial charge in [-0.1, -0.05) is 12.1 Å². The van der Waals surface area contributed by atoms with Gasteiger partial charge in [-0.15, -0.1) is 0 Å². The van der Waals surface area contributed by atoms with Gasteiger partial charge in [0, 0.05) is 18.3 Å². The van der Waals surface area contributed by atoms with Crippen LogP contribution in [0.5, 0.6) is 11.6 Å². The van der Waals surface area contributed by atoms with Gasteiger partial charge in [-0.2, -0.15) is 0 Å². The van der Waals surface area contributed by atoms with E-state index in [9.17, 15) is 10.1 Å². The van der Waals surface area contributed by atoms with Crippen LogP contribution < -0.4 is 4.74 Å². The van der Waals surface area contributed by atoms with Crippen LogP contribution in [0, 0.1) is 17.0 Å². The zero-order chi connectivity index (χ0) is 12.3. The monoisotopic (exact) mass is 230 g/mol. The van der Waals surface area contributed by atoms with Crippen LogP contribution in [0.15, 0.2) is 42.6 Å². The van der Waals surface area contributed by atoms with E-state index >= 15 is 0 Å². The Labute approximate surface area is 97.8 Å². The molecule has 0 spiro atoms. The summed E-state index contributed by atoms with van der Waals surface area (Å²) in [5.74, 6) is 0.812. The number of pyridine rings is 1. The number of nitro groups is 1. The number of ether oxygens (including phenoxy) is 1. The molecule has 1 aromatic carbocycles. The van der Waals surface area contributed by atoms with E-state index in [0.29, 0.717) is 11.6 Å². The van der Waals surface area contributed by atoms with Crippen molar-refractivity contribution in [1.82, 2.24) is 4.98 Å². The molecule has 0 unspecified atom stereocenters. The maximum absolute atomic E-state index is 10.6. The lowest BCUT2D eigenvalue weighted by Gasteiger charge is -2.04. The number of benzene rings is 1. The molecule has 0 aliphatic carbocycles. The van der Waals surface area contributed by atoms with E-state index in [2.05, 4.69) is 4.98 Å². The van der Waals surface area contributed by atoms with Crippen molar-refractivity contribution in [2.45, 2.75) is 6.92 Å². The van der Waals surface area contributed by atoms with Crippen LogP contribution in [0.25, 0.3) is 0 Å². The quantitative estimate of drug-likeness (QED) is 0.600. The van der Waals surface area contributed by atoms with Crippen LogP contribution in [0.4, 0.5) is 5.69 Å². The van der Waals surface area contributed by atoms with Crippen LogP contribution in [0.2, 0.25) is 0 Å². The van der Waals surface area contributed by atoms with Crippen molar-refractivity contribution < 1.29 is 9.66 Å². The standard InChI is InChI=1S/C12H10N2O3/c1-9-5-6-12(13-8-9)17-11-4-2-3-10(7-11)14(15)16/h2-8H,1H3. The highest BCUT2D eigenvalue weighted by atomic mass is 16.6. The molecule has 5 heteroatoms. The number of nitrogens with zero attached hydrogens (tertiary/aromatic N) is 2. The molecule has 1 aromatic heterocycles. The number of nitro benzene ring substituents is 1. The number of hydrogen-bond acceptors (Lipinski definition) is 4. The number of rotatable bonds is 3. The molecule has 0 fully saturated rings. The van der Waals surface area contributed by atoms with Gasteiger partial charge in [-0.3, -0.25) is 10.1 Å². The predicted molar refractivity (Wildman–Crippen MR) is 62.1 cm³/mol. The molecule has 0 amide bonds. The number of aryl methyl sites for hydroxylation is 1. The third-order valence-electron chi connectivity index (χ3n) is 2.14. The summed E-state index contributed by atoms with van der Waals surface area (Å²) in [5, 5.41) is 10.6. The maximum Gasteiger partial charge on any atom is 0.273 e. The van der Waals surface area contributed by atoms with Crippen LogP contribution in [-0.4, -0.2) is 9.91 Å². The minimum Gasteiger partial charge on any atom is -0.439 e. The fourth-order valence-electron chi connectivity index (χ4n) is 1.30. The Balaban J connectivity index is 2.21. The smallest absolute Gasteiger partial charge is 0.273 e. The van der Waals surface area contributed by atoms with Crippen molar-refractivity contribution >= 4 is 5.69 Å². The second kappa shape index (κ2) is 4.61. The number of hydrogen-bond donors (Lipinski definition) is 0. The van der Waals surface area contributed by atoms with Gasteiger partial charge in [0.05, 0.1) is 11.0 Å². The van der Waals surface area contributed by atoms with Gasteiger partial charge < -0.3 is 4.74 Å². The first-order chi connectivity index (χ1) is 8.15. The topological polar surface area (TPSA) is 65.3 Å². The Morgan fingerprint density at radius 3 is 2.76 bits per heavy atom. The zero-order valence-electron chi connectivity index (χ0n) is 9.16. The molecule has 0 N–H and O–H groups in total. The largest absolute Gasteiger partial charge is 0.439 e. The first-order valence-corrected chi connectivity index (χ1v) is 5.00. The molecule has 0 radical (unpaired) electrons. The fraction of sp³-hybridized carbons (Fsp3) is 0.0833. The summed E-state index contributed by atoms with van der Waals surface area (Å²) in [7, 11) is 0. The van der Waals surface area contributed by atoms with Gasteiger partial charge in [0.1, 0.15) is 5.75 Å². The third kappa shape index (κ3) is 2.78. The maximum atomic E-state index is 10.6. The van der Waals surface area contributed by atoms with E-state index in [0.717, 1.165) is 5.56 Å². The first-order valence-electron chi connectivity index (χ1n) is 5.00. The molecular formula is C12H10N2O3. The second-order valence-electron chi connectivity index (χ2n) is 3.53. The number of non-ortho nitro benzene ring substituents is 1. The van der Waals surface area contributed by atoms with E-state index in [4.69, 9.17) is 4.74 Å². The predicted octanol–water partition coefficient (Wildman–Crippen LogP) is 3.09. The SMILES string of the molecule is Cc1ccc(Oc2cccc([N+](=O)[O-])c2)nc1. The van der Waals surface area contributed by atoms with Crippen molar-refractivity contribution in [3.8, 4) is 11.6 Å². The molecule has 0 aliphatic heterocycles. The molecule has 0 atom stereocenters. The molecule has 2 aromatic rings. The van der Waals surface area contributed by atoms with E-state index in [1.54, 1.807) is 24.4 Å². The van der Waals surface area contributed by atoms with E-state index in [1.807, 2.05) is 13.0 Å². The first kappa shape index (κ1) is 11.1. The normalized spacial score (nSPS) is 9.94. The molecular weight excluding hydrogens is 220 g/mol. The third-order valence-corrected chi connectivity index (χ3v) is 2.14. The van der Waals surface area contributed by atoms with Gasteiger partial charge in [0.25, 0.3) is 5.69 Å². The van der Waals surface area contributed by atoms with E-state index < -0.39 is 4.92 Å². The molecule has 0 bridgehead atoms. The molecule has 0 saturated carbocycles. The zero-order valence-corrected chi connectivity index (χ0v) is 9.16. The van der Waals surface area contributed by atoms with Crippen molar-refractivity contribution in [3.63, 3.8) is 0 Å². The molecule has 86 valence electrons. The van der Waals surface area contributed by atoms with Gasteiger partial charge >= 0.3 is 0 Å². The van der Waals surface area contributed by atoms with Crippen LogP contribution in [0.3, 0.4) is 0 Å². The molecule has 0 aliphatic rings. The molecule has 0 saturated heterocycles. The summed E-state index contributed by atoms with van der Waals surface area (Å²) >= 11 is 0. The Morgan fingerprint density at radius 1 is 1.29 bits per heavy atom. The van der Waals surface area contributed by atoms with Crippen molar-refractivity contribution in [2.75, 3.05) is 0 Å². The summed E-state index contributed by atoms with van der Waals surface area (Å²) in [6.07, 6.45) is 1.67. The summed E-state index contributed by atoms with van der Waals surface area (Å²) < 4.78 is 5.41. The molecule has 5 nitrogen and oxygen atoms in total. The van der Waals surface area contributed by atoms with E-state index in [1.165, 1.54) is 12.1 Å². The highest BCUT2D eigenvalue weighted by Gasteiger charge is 2.07. The van der Waals surface area contributed by atoms with Crippen LogP contribution in [0.1, 0.15) is 5.56 Å². The minimum atomic E-state index is -0.463. The molecule has 2 rings (SSSR count). The summed E-state index contributed by atoms with van der Waals surface area (Å²) in [4.78, 5) is 14.2. The lowest BCUT2D eigenvalue weighted by molar-refractivity contribution is -0.384. The van der Waals surface area contributed by atoms with Crippen LogP contribution >= 0.6 is 0 Å². The summed E-state index contributed by atoms with van der Waals surface area (Å²) in [5.41, 5.74) is 1.02. The fourth-order valence-corrected chi connectivity index (χ4v) is 1.30. The van der Waals surface area contributed by atoms with Crippen molar-refractivity contribution in [3.05, 3.63) is 58.3 Å². The number of aromatic nitrogens is 1. The van der Waals surface area contributed by atoms with Crippen molar-refractivity contribution in [2.24, 2.45) is 0 Å². The van der Waals surface area contributed by atoms with Gasteiger partial charge in [0.15, 0.2) is 0 Å². The van der Waals surface area contributed by atoms with Gasteiger partial charge in [-0.05, 0) is 18.6 Å². The average Bonchev–Trinajstić information content (AvgIpc) is 2.32. The lowest BCUT2D eigenvalue weighted by Crippen LogP contribution is -1.91. The molecule has 17 heavy (non-hydrogen) atoms. The van der Waals surface area contributed by atoms with Crippen molar-refractivity contribution in [1.29, 1.82) is 0 Å². The summed E-state index contributed by atoms with van der Waals surface area (Å²) in [6.45, 7) is 1.92. The Morgan fingerprint density at radius 2 is 2.12 bits per heavy atom. The Bertz CT molecular complexity index is 538. The highest BCUT2D eigenvalue weighted by Crippen LogP contribution is 2.23. The van der Waals surface area contributed by atoms with Gasteiger partial charge in [0.2, 0.25) is 5.88 Å². The summed E-state index contributed by atoms with van der Waals surface area (Å²) in [6, 6.07) is 9.57. The Hall–Kier alpha value is -2.43. The van der Waals surface area contributed by atoms with Crippen LogP contribution in [-0.2, 0) is 0 Å². The lowest BCUT2D eigenvalue weighted by atomic mass is 10.3. The minimum absolute atomic E-state index is 0.00499. The molecule has 1 heterocycles. The highest BCUT2D eigenvalue weighted by molar-refractivity contribution is 5.39. The second-order valence-corrected chi connectivity index (χ2v) is 3.53.